The Balaban J connectivity index is 2.36. The standard InChI is InChI=1S/C16H15Br2F2NO4/c1-2-16(5-6-16)21-7-9(14(23)24)12(22)8-3-4-10(17)13(11(8)18)25-15(19)20/h3-4,7,15,21H,2,5-6H2,1H3,(H,23,24). The third-order valence-corrected chi connectivity index (χ3v) is 5.44. The van der Waals surface area contributed by atoms with Crippen LogP contribution in [0, 0.1) is 0 Å². The number of rotatable bonds is 8. The third kappa shape index (κ3) is 4.58. The number of halogens is 4. The van der Waals surface area contributed by atoms with Crippen molar-refractivity contribution >= 4 is 43.6 Å². The molecule has 0 amide bonds. The van der Waals surface area contributed by atoms with E-state index in [9.17, 15) is 23.5 Å². The Morgan fingerprint density at radius 1 is 1.40 bits per heavy atom. The molecular formula is C16H15Br2F2NO4. The number of hydrogen-bond acceptors (Lipinski definition) is 4. The summed E-state index contributed by atoms with van der Waals surface area (Å²) in [4.78, 5) is 24.1. The minimum Gasteiger partial charge on any atom is -0.477 e. The molecule has 1 aromatic rings. The second kappa shape index (κ2) is 7.82. The van der Waals surface area contributed by atoms with Crippen molar-refractivity contribution in [2.24, 2.45) is 0 Å². The van der Waals surface area contributed by atoms with Crippen LogP contribution in [0.3, 0.4) is 0 Å². The highest BCUT2D eigenvalue weighted by atomic mass is 79.9. The summed E-state index contributed by atoms with van der Waals surface area (Å²) in [5.74, 6) is -2.49. The van der Waals surface area contributed by atoms with Crippen LogP contribution in [0.25, 0.3) is 0 Å². The number of benzene rings is 1. The Kier molecular flexibility index (Phi) is 6.21. The Bertz CT molecular complexity index is 733. The van der Waals surface area contributed by atoms with E-state index >= 15 is 0 Å². The average Bonchev–Trinajstić information content (AvgIpc) is 3.31. The molecule has 0 heterocycles. The maximum atomic E-state index is 12.6. The van der Waals surface area contributed by atoms with Gasteiger partial charge in [-0.05, 0) is 63.3 Å². The van der Waals surface area contributed by atoms with E-state index in [0.717, 1.165) is 19.3 Å². The van der Waals surface area contributed by atoms with Gasteiger partial charge in [0.05, 0.1) is 8.95 Å². The Morgan fingerprint density at radius 3 is 2.52 bits per heavy atom. The number of ketones is 1. The van der Waals surface area contributed by atoms with Crippen molar-refractivity contribution in [1.29, 1.82) is 0 Å². The molecule has 9 heteroatoms. The number of ether oxygens (including phenoxy) is 1. The number of Topliss-reactive ketones (excluding diaryl/α,β-unsaturated/α-hetero) is 1. The first kappa shape index (κ1) is 19.8. The van der Waals surface area contributed by atoms with Gasteiger partial charge in [0, 0.05) is 17.3 Å². The highest BCUT2D eigenvalue weighted by Gasteiger charge is 2.40. The van der Waals surface area contributed by atoms with E-state index in [4.69, 9.17) is 0 Å². The van der Waals surface area contributed by atoms with Gasteiger partial charge < -0.3 is 15.2 Å². The fourth-order valence-corrected chi connectivity index (χ4v) is 3.56. The molecule has 0 saturated heterocycles. The molecular weight excluding hydrogens is 468 g/mol. The molecule has 2 rings (SSSR count). The molecule has 1 saturated carbocycles. The van der Waals surface area contributed by atoms with Crippen LogP contribution in [-0.4, -0.2) is 29.0 Å². The zero-order valence-electron chi connectivity index (χ0n) is 13.1. The van der Waals surface area contributed by atoms with Crippen molar-refractivity contribution < 1.29 is 28.2 Å². The van der Waals surface area contributed by atoms with Gasteiger partial charge in [0.2, 0.25) is 5.78 Å². The van der Waals surface area contributed by atoms with Crippen LogP contribution in [0.2, 0.25) is 0 Å². The predicted molar refractivity (Wildman–Crippen MR) is 93.9 cm³/mol. The van der Waals surface area contributed by atoms with Gasteiger partial charge in [-0.2, -0.15) is 8.78 Å². The SMILES string of the molecule is CCC1(NC=C(C(=O)O)C(=O)c2ccc(Br)c(OC(F)F)c2Br)CC1. The molecule has 0 aromatic heterocycles. The summed E-state index contributed by atoms with van der Waals surface area (Å²) >= 11 is 6.10. The largest absolute Gasteiger partial charge is 0.477 e. The maximum absolute atomic E-state index is 12.6. The van der Waals surface area contributed by atoms with E-state index in [-0.39, 0.29) is 25.8 Å². The van der Waals surface area contributed by atoms with Gasteiger partial charge in [-0.3, -0.25) is 4.79 Å². The maximum Gasteiger partial charge on any atom is 0.387 e. The van der Waals surface area contributed by atoms with E-state index in [2.05, 4.69) is 41.9 Å². The summed E-state index contributed by atoms with van der Waals surface area (Å²) in [5.41, 5.74) is -0.733. The Hall–Kier alpha value is -1.48. The van der Waals surface area contributed by atoms with E-state index in [1.54, 1.807) is 0 Å². The number of carboxylic acids is 1. The van der Waals surface area contributed by atoms with Gasteiger partial charge in [-0.25, -0.2) is 4.79 Å². The van der Waals surface area contributed by atoms with Crippen LogP contribution < -0.4 is 10.1 Å². The number of carbonyl (C=O) groups excluding carboxylic acids is 1. The second-order valence-corrected chi connectivity index (χ2v) is 7.23. The lowest BCUT2D eigenvalue weighted by molar-refractivity contribution is -0.132. The molecule has 136 valence electrons. The van der Waals surface area contributed by atoms with E-state index in [1.807, 2.05) is 6.92 Å². The topological polar surface area (TPSA) is 75.6 Å². The minimum atomic E-state index is -3.09. The number of hydrogen-bond donors (Lipinski definition) is 2. The molecule has 1 aliphatic carbocycles. The molecule has 1 fully saturated rings. The number of carboxylic acid groups (broad SMARTS) is 1. The van der Waals surface area contributed by atoms with Crippen molar-refractivity contribution in [2.45, 2.75) is 38.3 Å². The van der Waals surface area contributed by atoms with Gasteiger partial charge in [0.1, 0.15) is 5.57 Å². The average molecular weight is 483 g/mol. The highest BCUT2D eigenvalue weighted by Crippen LogP contribution is 2.39. The van der Waals surface area contributed by atoms with Crippen molar-refractivity contribution in [1.82, 2.24) is 5.32 Å². The van der Waals surface area contributed by atoms with E-state index in [0.29, 0.717) is 0 Å². The molecule has 1 aliphatic rings. The Morgan fingerprint density at radius 2 is 2.04 bits per heavy atom. The summed E-state index contributed by atoms with van der Waals surface area (Å²) in [5, 5.41) is 12.3. The smallest absolute Gasteiger partial charge is 0.387 e. The van der Waals surface area contributed by atoms with Gasteiger partial charge in [0.25, 0.3) is 0 Å². The zero-order valence-corrected chi connectivity index (χ0v) is 16.3. The van der Waals surface area contributed by atoms with Crippen LogP contribution in [-0.2, 0) is 4.79 Å². The number of aliphatic carboxylic acids is 1. The number of nitrogens with one attached hydrogen (secondary N) is 1. The lowest BCUT2D eigenvalue weighted by atomic mass is 10.0. The quantitative estimate of drug-likeness (QED) is 0.247. The lowest BCUT2D eigenvalue weighted by Gasteiger charge is -2.15. The first-order chi connectivity index (χ1) is 11.7. The molecule has 0 atom stereocenters. The molecule has 0 aliphatic heterocycles. The van der Waals surface area contributed by atoms with Crippen LogP contribution in [0.4, 0.5) is 8.78 Å². The molecule has 0 spiro atoms. The normalized spacial score (nSPS) is 15.8. The third-order valence-electron chi connectivity index (χ3n) is 4.03. The Labute approximate surface area is 159 Å². The fraction of sp³-hybridized carbons (Fsp3) is 0.375. The second-order valence-electron chi connectivity index (χ2n) is 5.59. The summed E-state index contributed by atoms with van der Waals surface area (Å²) in [6.07, 6.45) is 3.78. The van der Waals surface area contributed by atoms with Crippen LogP contribution in [0.1, 0.15) is 36.5 Å². The fourth-order valence-electron chi connectivity index (χ4n) is 2.25. The lowest BCUT2D eigenvalue weighted by Crippen LogP contribution is -2.27. The summed E-state index contributed by atoms with van der Waals surface area (Å²) < 4.78 is 29.6. The van der Waals surface area contributed by atoms with Crippen molar-refractivity contribution in [3.8, 4) is 5.75 Å². The molecule has 0 unspecified atom stereocenters. The van der Waals surface area contributed by atoms with Crippen molar-refractivity contribution in [3.05, 3.63) is 38.4 Å². The van der Waals surface area contributed by atoms with Crippen molar-refractivity contribution in [3.63, 3.8) is 0 Å². The highest BCUT2D eigenvalue weighted by molar-refractivity contribution is 9.11. The number of alkyl halides is 2. The van der Waals surface area contributed by atoms with Gasteiger partial charge in [-0.1, -0.05) is 6.92 Å². The van der Waals surface area contributed by atoms with Crippen LogP contribution >= 0.6 is 31.9 Å². The molecule has 0 bridgehead atoms. The van der Waals surface area contributed by atoms with Gasteiger partial charge in [-0.15, -0.1) is 0 Å². The van der Waals surface area contributed by atoms with Gasteiger partial charge >= 0.3 is 12.6 Å². The minimum absolute atomic E-state index is 0.0454. The van der Waals surface area contributed by atoms with E-state index < -0.39 is 23.9 Å². The van der Waals surface area contributed by atoms with Crippen LogP contribution in [0.15, 0.2) is 32.9 Å². The molecule has 0 radical (unpaired) electrons. The van der Waals surface area contributed by atoms with Crippen molar-refractivity contribution in [2.75, 3.05) is 0 Å². The predicted octanol–water partition coefficient (Wildman–Crippen LogP) is 4.50. The van der Waals surface area contributed by atoms with Crippen LogP contribution in [0.5, 0.6) is 5.75 Å². The number of carbonyl (C=O) groups is 2. The van der Waals surface area contributed by atoms with E-state index in [1.165, 1.54) is 18.3 Å². The monoisotopic (exact) mass is 481 g/mol. The summed E-state index contributed by atoms with van der Waals surface area (Å²) in [6, 6.07) is 2.68. The molecule has 1 aromatic carbocycles. The zero-order chi connectivity index (χ0) is 18.8. The summed E-state index contributed by atoms with van der Waals surface area (Å²) in [6.45, 7) is -1.12. The summed E-state index contributed by atoms with van der Waals surface area (Å²) in [7, 11) is 0. The first-order valence-corrected chi connectivity index (χ1v) is 8.98. The molecule has 25 heavy (non-hydrogen) atoms. The first-order valence-electron chi connectivity index (χ1n) is 7.39. The molecule has 2 N–H and O–H groups in total. The van der Waals surface area contributed by atoms with Gasteiger partial charge in [0.15, 0.2) is 5.75 Å². The molecule has 5 nitrogen and oxygen atoms in total.